The fraction of sp³-hybridized carbons (Fsp3) is 0.364. The van der Waals surface area contributed by atoms with Crippen molar-refractivity contribution in [1.82, 2.24) is 4.72 Å². The molecule has 1 aromatic rings. The predicted molar refractivity (Wildman–Crippen MR) is 71.1 cm³/mol. The van der Waals surface area contributed by atoms with Crippen molar-refractivity contribution in [1.29, 1.82) is 0 Å². The molecule has 18 heavy (non-hydrogen) atoms. The molecular weight excluding hydrogens is 322 g/mol. The van der Waals surface area contributed by atoms with E-state index in [1.165, 1.54) is 18.2 Å². The minimum absolute atomic E-state index is 0.0321. The Morgan fingerprint density at radius 3 is 2.50 bits per heavy atom. The number of hydrogen-bond acceptors (Lipinski definition) is 3. The van der Waals surface area contributed by atoms with Crippen molar-refractivity contribution in [2.24, 2.45) is 5.92 Å². The molecule has 0 saturated carbocycles. The summed E-state index contributed by atoms with van der Waals surface area (Å²) in [7, 11) is -3.62. The Bertz CT molecular complexity index is 554. The lowest BCUT2D eigenvalue weighted by molar-refractivity contribution is 0.0696. The van der Waals surface area contributed by atoms with Gasteiger partial charge in [-0.2, -0.15) is 0 Å². The summed E-state index contributed by atoms with van der Waals surface area (Å²) in [5, 5.41) is 8.79. The largest absolute Gasteiger partial charge is 0.478 e. The molecule has 0 aliphatic carbocycles. The molecule has 0 aliphatic rings. The zero-order chi connectivity index (χ0) is 13.9. The summed E-state index contributed by atoms with van der Waals surface area (Å²) in [5.41, 5.74) is 0.0321. The second-order valence-electron chi connectivity index (χ2n) is 4.20. The van der Waals surface area contributed by atoms with Crippen molar-refractivity contribution in [2.45, 2.75) is 18.7 Å². The monoisotopic (exact) mass is 335 g/mol. The maximum Gasteiger partial charge on any atom is 0.335 e. The van der Waals surface area contributed by atoms with Crippen LogP contribution in [0.1, 0.15) is 24.2 Å². The van der Waals surface area contributed by atoms with Crippen LogP contribution in [0.15, 0.2) is 27.6 Å². The third-order valence-corrected chi connectivity index (χ3v) is 4.55. The van der Waals surface area contributed by atoms with Crippen LogP contribution in [0, 0.1) is 5.92 Å². The molecule has 0 bridgehead atoms. The highest BCUT2D eigenvalue weighted by Gasteiger charge is 2.18. The molecule has 0 amide bonds. The molecule has 0 heterocycles. The number of carbonyl (C=O) groups is 1. The van der Waals surface area contributed by atoms with Crippen molar-refractivity contribution in [3.05, 3.63) is 28.2 Å². The van der Waals surface area contributed by atoms with Gasteiger partial charge in [-0.15, -0.1) is 0 Å². The van der Waals surface area contributed by atoms with Crippen molar-refractivity contribution >= 4 is 31.9 Å². The number of halogens is 1. The summed E-state index contributed by atoms with van der Waals surface area (Å²) >= 11 is 3.08. The average Bonchev–Trinajstić information content (AvgIpc) is 2.26. The lowest BCUT2D eigenvalue weighted by atomic mass is 10.2. The molecule has 0 unspecified atom stereocenters. The zero-order valence-electron chi connectivity index (χ0n) is 9.97. The summed E-state index contributed by atoms with van der Waals surface area (Å²) < 4.78 is 26.6. The van der Waals surface area contributed by atoms with Crippen LogP contribution in [0.5, 0.6) is 0 Å². The number of carboxylic acids is 1. The fourth-order valence-electron chi connectivity index (χ4n) is 1.21. The highest BCUT2D eigenvalue weighted by molar-refractivity contribution is 9.10. The Kier molecular flexibility index (Phi) is 4.89. The Balaban J connectivity index is 3.06. The number of nitrogens with one attached hydrogen (secondary N) is 1. The number of benzene rings is 1. The maximum absolute atomic E-state index is 12.0. The Hall–Kier alpha value is -0.920. The van der Waals surface area contributed by atoms with Crippen molar-refractivity contribution in [3.63, 3.8) is 0 Å². The molecule has 5 nitrogen and oxygen atoms in total. The van der Waals surface area contributed by atoms with E-state index < -0.39 is 16.0 Å². The van der Waals surface area contributed by atoms with Crippen molar-refractivity contribution in [3.8, 4) is 0 Å². The van der Waals surface area contributed by atoms with E-state index in [-0.39, 0.29) is 20.8 Å². The highest BCUT2D eigenvalue weighted by atomic mass is 79.9. The molecule has 0 aliphatic heterocycles. The van der Waals surface area contributed by atoms with Gasteiger partial charge in [0.2, 0.25) is 10.0 Å². The van der Waals surface area contributed by atoms with Crippen LogP contribution in [0.3, 0.4) is 0 Å². The molecule has 0 saturated heterocycles. The number of carboxylic acid groups (broad SMARTS) is 1. The molecular formula is C11H14BrNO4S. The van der Waals surface area contributed by atoms with Gasteiger partial charge in [0.05, 0.1) is 10.5 Å². The summed E-state index contributed by atoms with van der Waals surface area (Å²) in [6.45, 7) is 4.12. The number of rotatable bonds is 5. The van der Waals surface area contributed by atoms with Gasteiger partial charge in [0.1, 0.15) is 0 Å². The van der Waals surface area contributed by atoms with E-state index in [1.54, 1.807) is 0 Å². The fourth-order valence-corrected chi connectivity index (χ4v) is 3.50. The summed E-state index contributed by atoms with van der Waals surface area (Å²) in [6, 6.07) is 3.81. The molecule has 0 fully saturated rings. The van der Waals surface area contributed by atoms with Gasteiger partial charge in [-0.1, -0.05) is 13.8 Å². The summed E-state index contributed by atoms with van der Waals surface area (Å²) in [6.07, 6.45) is 0. The topological polar surface area (TPSA) is 83.5 Å². The Labute approximate surface area is 114 Å². The van der Waals surface area contributed by atoms with Crippen LogP contribution in [0.4, 0.5) is 0 Å². The highest BCUT2D eigenvalue weighted by Crippen LogP contribution is 2.23. The van der Waals surface area contributed by atoms with Crippen LogP contribution in [0.25, 0.3) is 0 Å². The van der Waals surface area contributed by atoms with Crippen LogP contribution in [-0.4, -0.2) is 26.0 Å². The van der Waals surface area contributed by atoms with Crippen LogP contribution in [0.2, 0.25) is 0 Å². The van der Waals surface area contributed by atoms with Crippen molar-refractivity contribution < 1.29 is 18.3 Å². The van der Waals surface area contributed by atoms with Crippen LogP contribution < -0.4 is 4.72 Å². The van der Waals surface area contributed by atoms with E-state index in [4.69, 9.17) is 5.11 Å². The van der Waals surface area contributed by atoms with E-state index in [0.717, 1.165) is 0 Å². The maximum atomic E-state index is 12.0. The number of aromatic carboxylic acids is 1. The standard InChI is InChI=1S/C11H14BrNO4S/c1-7(2)6-13-18(16,17)10-4-3-8(11(14)15)5-9(10)12/h3-5,7,13H,6H2,1-2H3,(H,14,15). The van der Waals surface area contributed by atoms with E-state index in [0.29, 0.717) is 6.54 Å². The van der Waals surface area contributed by atoms with Gasteiger partial charge in [0.15, 0.2) is 0 Å². The van der Waals surface area contributed by atoms with Gasteiger partial charge in [-0.3, -0.25) is 0 Å². The molecule has 0 radical (unpaired) electrons. The third-order valence-electron chi connectivity index (χ3n) is 2.15. The molecule has 100 valence electrons. The molecule has 2 N–H and O–H groups in total. The summed E-state index contributed by atoms with van der Waals surface area (Å²) in [5.74, 6) is -0.911. The van der Waals surface area contributed by atoms with Gasteiger partial charge in [0, 0.05) is 11.0 Å². The molecule has 1 aromatic carbocycles. The van der Waals surface area contributed by atoms with Gasteiger partial charge in [0.25, 0.3) is 0 Å². The molecule has 0 aromatic heterocycles. The zero-order valence-corrected chi connectivity index (χ0v) is 12.4. The first kappa shape index (κ1) is 15.1. The normalized spacial score (nSPS) is 11.8. The minimum atomic E-state index is -3.62. The molecule has 0 spiro atoms. The van der Waals surface area contributed by atoms with Crippen LogP contribution >= 0.6 is 15.9 Å². The van der Waals surface area contributed by atoms with Crippen LogP contribution in [-0.2, 0) is 10.0 Å². The number of hydrogen-bond donors (Lipinski definition) is 2. The summed E-state index contributed by atoms with van der Waals surface area (Å²) in [4.78, 5) is 10.8. The average molecular weight is 336 g/mol. The predicted octanol–water partition coefficient (Wildman–Crippen LogP) is 2.08. The van der Waals surface area contributed by atoms with E-state index in [9.17, 15) is 13.2 Å². The molecule has 0 atom stereocenters. The lowest BCUT2D eigenvalue weighted by Crippen LogP contribution is -2.27. The number of sulfonamides is 1. The van der Waals surface area contributed by atoms with E-state index in [1.807, 2.05) is 13.8 Å². The van der Waals surface area contributed by atoms with Crippen molar-refractivity contribution in [2.75, 3.05) is 6.54 Å². The first-order chi connectivity index (χ1) is 8.24. The van der Waals surface area contributed by atoms with E-state index >= 15 is 0 Å². The Morgan fingerprint density at radius 1 is 1.44 bits per heavy atom. The SMILES string of the molecule is CC(C)CNS(=O)(=O)c1ccc(C(=O)O)cc1Br. The van der Waals surface area contributed by atoms with Gasteiger partial charge in [-0.25, -0.2) is 17.9 Å². The van der Waals surface area contributed by atoms with Gasteiger partial charge < -0.3 is 5.11 Å². The van der Waals surface area contributed by atoms with E-state index in [2.05, 4.69) is 20.7 Å². The second kappa shape index (κ2) is 5.81. The van der Waals surface area contributed by atoms with Gasteiger partial charge >= 0.3 is 5.97 Å². The first-order valence-corrected chi connectivity index (χ1v) is 7.54. The molecule has 1 rings (SSSR count). The quantitative estimate of drug-likeness (QED) is 0.862. The molecule has 7 heteroatoms. The van der Waals surface area contributed by atoms with Gasteiger partial charge in [-0.05, 0) is 40.0 Å². The Morgan fingerprint density at radius 2 is 2.06 bits per heavy atom. The second-order valence-corrected chi connectivity index (χ2v) is 6.79. The first-order valence-electron chi connectivity index (χ1n) is 5.26. The lowest BCUT2D eigenvalue weighted by Gasteiger charge is -2.10. The smallest absolute Gasteiger partial charge is 0.335 e. The minimum Gasteiger partial charge on any atom is -0.478 e. The third kappa shape index (κ3) is 3.79.